The van der Waals surface area contributed by atoms with Gasteiger partial charge in [-0.15, -0.1) is 0 Å². The minimum Gasteiger partial charge on any atom is -0.372 e. The average molecular weight is 426 g/mol. The van der Waals surface area contributed by atoms with E-state index in [1.807, 2.05) is 7.05 Å². The van der Waals surface area contributed by atoms with E-state index in [1.54, 1.807) is 4.90 Å². The first kappa shape index (κ1) is 22.2. The SMILES string of the molecule is CCN(CC)c1ccc(CN(C)C(=O)CCNC(=O)C23CC4CC(CC(C4)C2)C3)cc1. The molecule has 2 amide bonds. The van der Waals surface area contributed by atoms with Crippen LogP contribution in [0, 0.1) is 23.2 Å². The molecule has 0 atom stereocenters. The van der Waals surface area contributed by atoms with E-state index in [0.29, 0.717) is 19.5 Å². The zero-order valence-corrected chi connectivity index (χ0v) is 19.5. The largest absolute Gasteiger partial charge is 0.372 e. The summed E-state index contributed by atoms with van der Waals surface area (Å²) in [6, 6.07) is 8.47. The fourth-order valence-corrected chi connectivity index (χ4v) is 6.81. The maximum atomic E-state index is 13.0. The van der Waals surface area contributed by atoms with Crippen molar-refractivity contribution in [1.82, 2.24) is 10.2 Å². The van der Waals surface area contributed by atoms with Crippen LogP contribution in [-0.2, 0) is 16.1 Å². The van der Waals surface area contributed by atoms with Gasteiger partial charge < -0.3 is 15.1 Å². The first-order chi connectivity index (χ1) is 14.9. The third kappa shape index (κ3) is 4.75. The normalized spacial score (nSPS) is 28.4. The lowest BCUT2D eigenvalue weighted by Crippen LogP contribution is -2.53. The van der Waals surface area contributed by atoms with E-state index in [2.05, 4.69) is 48.3 Å². The van der Waals surface area contributed by atoms with Crippen LogP contribution in [0.3, 0.4) is 0 Å². The van der Waals surface area contributed by atoms with E-state index in [9.17, 15) is 9.59 Å². The van der Waals surface area contributed by atoms with Gasteiger partial charge in [0.05, 0.1) is 0 Å². The van der Waals surface area contributed by atoms with Crippen LogP contribution in [0.1, 0.15) is 64.4 Å². The Hall–Kier alpha value is -2.04. The lowest BCUT2D eigenvalue weighted by atomic mass is 9.49. The molecular weight excluding hydrogens is 386 g/mol. The summed E-state index contributed by atoms with van der Waals surface area (Å²) in [4.78, 5) is 29.7. The molecule has 0 aromatic heterocycles. The van der Waals surface area contributed by atoms with Crippen molar-refractivity contribution >= 4 is 17.5 Å². The van der Waals surface area contributed by atoms with Crippen LogP contribution in [-0.4, -0.2) is 43.4 Å². The number of amides is 2. The molecule has 0 aliphatic heterocycles. The first-order valence-electron chi connectivity index (χ1n) is 12.3. The Morgan fingerprint density at radius 3 is 2.03 bits per heavy atom. The number of nitrogens with one attached hydrogen (secondary N) is 1. The van der Waals surface area contributed by atoms with Crippen LogP contribution < -0.4 is 10.2 Å². The summed E-state index contributed by atoms with van der Waals surface area (Å²) in [5.41, 5.74) is 2.22. The molecule has 5 nitrogen and oxygen atoms in total. The number of hydrogen-bond donors (Lipinski definition) is 1. The molecule has 5 heteroatoms. The molecule has 5 rings (SSSR count). The van der Waals surface area contributed by atoms with Gasteiger partial charge in [-0.2, -0.15) is 0 Å². The summed E-state index contributed by atoms with van der Waals surface area (Å²) in [5, 5.41) is 3.13. The molecule has 0 unspecified atom stereocenters. The zero-order chi connectivity index (χ0) is 22.0. The molecule has 0 saturated heterocycles. The zero-order valence-electron chi connectivity index (χ0n) is 19.5. The Labute approximate surface area is 187 Å². The van der Waals surface area contributed by atoms with Crippen molar-refractivity contribution in [2.45, 2.75) is 65.3 Å². The highest BCUT2D eigenvalue weighted by Gasteiger charge is 2.54. The van der Waals surface area contributed by atoms with Crippen molar-refractivity contribution < 1.29 is 9.59 Å². The summed E-state index contributed by atoms with van der Waals surface area (Å²) in [6.07, 6.45) is 7.60. The van der Waals surface area contributed by atoms with E-state index in [1.165, 1.54) is 24.9 Å². The third-order valence-electron chi connectivity index (χ3n) is 8.05. The van der Waals surface area contributed by atoms with Gasteiger partial charge in [0.25, 0.3) is 0 Å². The second-order valence-corrected chi connectivity index (χ2v) is 10.3. The fourth-order valence-electron chi connectivity index (χ4n) is 6.81. The standard InChI is InChI=1S/C26H39N3O2/c1-4-29(5-2)23-8-6-19(7-9-23)18-28(3)24(30)10-11-27-25(31)26-15-20-12-21(16-26)14-22(13-20)17-26/h6-9,20-22H,4-5,10-18H2,1-3H3,(H,27,31). The summed E-state index contributed by atoms with van der Waals surface area (Å²) >= 11 is 0. The Morgan fingerprint density at radius 1 is 0.968 bits per heavy atom. The molecular formula is C26H39N3O2. The minimum atomic E-state index is -0.129. The Morgan fingerprint density at radius 2 is 1.52 bits per heavy atom. The second-order valence-electron chi connectivity index (χ2n) is 10.3. The van der Waals surface area contributed by atoms with Gasteiger partial charge in [0.15, 0.2) is 0 Å². The number of carbonyl (C=O) groups is 2. The molecule has 0 heterocycles. The smallest absolute Gasteiger partial charge is 0.226 e. The van der Waals surface area contributed by atoms with E-state index < -0.39 is 0 Å². The highest BCUT2D eigenvalue weighted by atomic mass is 16.2. The van der Waals surface area contributed by atoms with Crippen molar-refractivity contribution in [2.24, 2.45) is 23.2 Å². The van der Waals surface area contributed by atoms with Crippen LogP contribution in [0.15, 0.2) is 24.3 Å². The number of benzene rings is 1. The van der Waals surface area contributed by atoms with Gasteiger partial charge in [-0.25, -0.2) is 0 Å². The molecule has 0 radical (unpaired) electrons. The highest BCUT2D eigenvalue weighted by Crippen LogP contribution is 2.60. The van der Waals surface area contributed by atoms with Gasteiger partial charge >= 0.3 is 0 Å². The predicted molar refractivity (Wildman–Crippen MR) is 125 cm³/mol. The van der Waals surface area contributed by atoms with Crippen LogP contribution in [0.25, 0.3) is 0 Å². The first-order valence-corrected chi connectivity index (χ1v) is 12.3. The van der Waals surface area contributed by atoms with E-state index in [4.69, 9.17) is 0 Å². The fraction of sp³-hybridized carbons (Fsp3) is 0.692. The molecule has 4 saturated carbocycles. The van der Waals surface area contributed by atoms with Gasteiger partial charge in [0.2, 0.25) is 11.8 Å². The molecule has 0 spiro atoms. The number of hydrogen-bond acceptors (Lipinski definition) is 3. The summed E-state index contributed by atoms with van der Waals surface area (Å²) in [5.74, 6) is 2.58. The topological polar surface area (TPSA) is 52.6 Å². The quantitative estimate of drug-likeness (QED) is 0.645. The monoisotopic (exact) mass is 425 g/mol. The number of carbonyl (C=O) groups excluding carboxylic acids is 2. The summed E-state index contributed by atoms with van der Waals surface area (Å²) < 4.78 is 0. The van der Waals surface area contributed by atoms with Crippen LogP contribution in [0.4, 0.5) is 5.69 Å². The van der Waals surface area contributed by atoms with Gasteiger partial charge in [-0.05, 0) is 87.8 Å². The molecule has 1 aromatic rings. The Bertz CT molecular complexity index is 749. The third-order valence-corrected chi connectivity index (χ3v) is 8.05. The van der Waals surface area contributed by atoms with E-state index in [0.717, 1.165) is 55.7 Å². The van der Waals surface area contributed by atoms with Crippen LogP contribution in [0.2, 0.25) is 0 Å². The Kier molecular flexibility index (Phi) is 6.59. The van der Waals surface area contributed by atoms with E-state index in [-0.39, 0.29) is 17.2 Å². The van der Waals surface area contributed by atoms with Crippen molar-refractivity contribution in [1.29, 1.82) is 0 Å². The van der Waals surface area contributed by atoms with Gasteiger partial charge in [0, 0.05) is 50.7 Å². The molecule has 4 aliphatic rings. The lowest BCUT2D eigenvalue weighted by Gasteiger charge is -2.55. The minimum absolute atomic E-state index is 0.0821. The van der Waals surface area contributed by atoms with E-state index >= 15 is 0 Å². The Balaban J connectivity index is 1.23. The summed E-state index contributed by atoms with van der Waals surface area (Å²) in [6.45, 7) is 7.34. The van der Waals surface area contributed by atoms with Crippen molar-refractivity contribution in [3.05, 3.63) is 29.8 Å². The van der Waals surface area contributed by atoms with Gasteiger partial charge in [0.1, 0.15) is 0 Å². The second kappa shape index (κ2) is 9.22. The predicted octanol–water partition coefficient (Wildman–Crippen LogP) is 4.21. The van der Waals surface area contributed by atoms with Gasteiger partial charge in [-0.1, -0.05) is 12.1 Å². The van der Waals surface area contributed by atoms with Crippen molar-refractivity contribution in [2.75, 3.05) is 31.6 Å². The van der Waals surface area contributed by atoms with Crippen LogP contribution >= 0.6 is 0 Å². The average Bonchev–Trinajstić information content (AvgIpc) is 2.74. The van der Waals surface area contributed by atoms with Crippen molar-refractivity contribution in [3.63, 3.8) is 0 Å². The molecule has 170 valence electrons. The molecule has 4 aliphatic carbocycles. The summed E-state index contributed by atoms with van der Waals surface area (Å²) in [7, 11) is 1.85. The van der Waals surface area contributed by atoms with Crippen molar-refractivity contribution in [3.8, 4) is 0 Å². The number of rotatable bonds is 9. The number of nitrogens with zero attached hydrogens (tertiary/aromatic N) is 2. The molecule has 1 N–H and O–H groups in total. The molecule has 31 heavy (non-hydrogen) atoms. The molecule has 1 aromatic carbocycles. The van der Waals surface area contributed by atoms with Crippen LogP contribution in [0.5, 0.6) is 0 Å². The van der Waals surface area contributed by atoms with Gasteiger partial charge in [-0.3, -0.25) is 9.59 Å². The highest BCUT2D eigenvalue weighted by molar-refractivity contribution is 5.84. The molecule has 4 fully saturated rings. The maximum absolute atomic E-state index is 13.0. The molecule has 4 bridgehead atoms. The maximum Gasteiger partial charge on any atom is 0.226 e. The lowest BCUT2D eigenvalue weighted by molar-refractivity contribution is -0.146. The number of anilines is 1.